The van der Waals surface area contributed by atoms with Gasteiger partial charge in [-0.1, -0.05) is 58.4 Å². The fourth-order valence-electron chi connectivity index (χ4n) is 2.93. The first-order valence-corrected chi connectivity index (χ1v) is 7.26. The zero-order chi connectivity index (χ0) is 14.1. The second-order valence-corrected chi connectivity index (χ2v) is 5.93. The van der Waals surface area contributed by atoms with Crippen LogP contribution >= 0.6 is 15.9 Å². The number of carbonyl (C=O) groups excluding carboxylic acids is 1. The van der Waals surface area contributed by atoms with Crippen LogP contribution in [-0.4, -0.2) is 11.1 Å². The van der Waals surface area contributed by atoms with Gasteiger partial charge in [-0.15, -0.1) is 0 Å². The predicted octanol–water partition coefficient (Wildman–Crippen LogP) is 3.45. The van der Waals surface area contributed by atoms with Crippen LogP contribution in [0, 0.1) is 5.92 Å². The molecule has 102 valence electrons. The highest BCUT2D eigenvalue weighted by atomic mass is 79.9. The van der Waals surface area contributed by atoms with E-state index in [9.17, 15) is 4.79 Å². The molecule has 2 aromatic rings. The number of carbonyl (C=O) groups is 1. The van der Waals surface area contributed by atoms with E-state index in [-0.39, 0.29) is 23.7 Å². The molecule has 3 atom stereocenters. The van der Waals surface area contributed by atoms with Gasteiger partial charge in [0.25, 0.3) is 0 Å². The van der Waals surface area contributed by atoms with E-state index < -0.39 is 0 Å². The lowest BCUT2D eigenvalue weighted by molar-refractivity contribution is -0.130. The Hall–Kier alpha value is -1.65. The van der Waals surface area contributed by atoms with Gasteiger partial charge in [0.05, 0.1) is 5.92 Å². The molecule has 2 N–H and O–H groups in total. The quantitative estimate of drug-likeness (QED) is 0.668. The number of hydrogen-bond acceptors (Lipinski definition) is 2. The van der Waals surface area contributed by atoms with Gasteiger partial charge in [-0.3, -0.25) is 10.0 Å². The van der Waals surface area contributed by atoms with Crippen LogP contribution in [0.4, 0.5) is 0 Å². The number of benzene rings is 2. The summed E-state index contributed by atoms with van der Waals surface area (Å²) in [7, 11) is 0. The number of hydrogen-bond donors (Lipinski definition) is 2. The van der Waals surface area contributed by atoms with Crippen molar-refractivity contribution in [3.8, 4) is 0 Å². The number of hydroxylamine groups is 1. The minimum absolute atomic E-state index is 0.113. The summed E-state index contributed by atoms with van der Waals surface area (Å²) in [6.45, 7) is 0. The molecule has 0 spiro atoms. The molecule has 1 aliphatic rings. The van der Waals surface area contributed by atoms with E-state index >= 15 is 0 Å². The van der Waals surface area contributed by atoms with E-state index in [1.807, 2.05) is 54.6 Å². The molecule has 0 saturated heterocycles. The van der Waals surface area contributed by atoms with Gasteiger partial charge < -0.3 is 0 Å². The summed E-state index contributed by atoms with van der Waals surface area (Å²) in [4.78, 5) is 11.9. The van der Waals surface area contributed by atoms with Crippen LogP contribution in [0.15, 0.2) is 59.1 Å². The molecule has 4 heteroatoms. The van der Waals surface area contributed by atoms with Gasteiger partial charge in [0.15, 0.2) is 0 Å². The molecular weight excluding hydrogens is 318 g/mol. The van der Waals surface area contributed by atoms with Crippen molar-refractivity contribution in [2.24, 2.45) is 5.92 Å². The SMILES string of the molecule is O=C(NO)C1C(c2ccccc2)C1c1cccc(Br)c1. The molecule has 0 heterocycles. The standard InChI is InChI=1S/C16H14BrNO2/c17-12-8-4-7-11(9-12)14-13(15(14)16(19)18-20)10-5-2-1-3-6-10/h1-9,13-15,20H,(H,18,19). The fraction of sp³-hybridized carbons (Fsp3) is 0.188. The van der Waals surface area contributed by atoms with Crippen molar-refractivity contribution in [3.05, 3.63) is 70.2 Å². The Kier molecular flexibility index (Phi) is 3.59. The van der Waals surface area contributed by atoms with Crippen molar-refractivity contribution >= 4 is 21.8 Å². The monoisotopic (exact) mass is 331 g/mol. The van der Waals surface area contributed by atoms with Crippen LogP contribution in [0.2, 0.25) is 0 Å². The van der Waals surface area contributed by atoms with Gasteiger partial charge >= 0.3 is 0 Å². The highest BCUT2D eigenvalue weighted by molar-refractivity contribution is 9.10. The highest BCUT2D eigenvalue weighted by Gasteiger charge is 2.56. The van der Waals surface area contributed by atoms with E-state index in [1.54, 1.807) is 5.48 Å². The molecule has 3 rings (SSSR count). The molecule has 20 heavy (non-hydrogen) atoms. The Bertz CT molecular complexity index is 629. The van der Waals surface area contributed by atoms with Crippen LogP contribution in [0.3, 0.4) is 0 Å². The number of halogens is 1. The molecule has 3 unspecified atom stereocenters. The first kappa shape index (κ1) is 13.3. The third-order valence-corrected chi connectivity index (χ3v) is 4.34. The zero-order valence-corrected chi connectivity index (χ0v) is 12.2. The van der Waals surface area contributed by atoms with Crippen molar-refractivity contribution < 1.29 is 10.0 Å². The summed E-state index contributed by atoms with van der Waals surface area (Å²) in [5, 5.41) is 8.92. The van der Waals surface area contributed by atoms with Gasteiger partial charge in [-0.05, 0) is 23.3 Å². The second-order valence-electron chi connectivity index (χ2n) is 5.02. The number of rotatable bonds is 3. The van der Waals surface area contributed by atoms with Gasteiger partial charge in [0.1, 0.15) is 0 Å². The van der Waals surface area contributed by atoms with E-state index in [1.165, 1.54) is 0 Å². The van der Waals surface area contributed by atoms with Crippen molar-refractivity contribution in [3.63, 3.8) is 0 Å². The summed E-state index contributed by atoms with van der Waals surface area (Å²) >= 11 is 3.46. The lowest BCUT2D eigenvalue weighted by atomic mass is 10.0. The van der Waals surface area contributed by atoms with Gasteiger partial charge in [0, 0.05) is 16.3 Å². The molecule has 0 radical (unpaired) electrons. The minimum Gasteiger partial charge on any atom is -0.289 e. The van der Waals surface area contributed by atoms with Crippen molar-refractivity contribution in [2.75, 3.05) is 0 Å². The van der Waals surface area contributed by atoms with Gasteiger partial charge in [0.2, 0.25) is 5.91 Å². The summed E-state index contributed by atoms with van der Waals surface area (Å²) in [5.41, 5.74) is 4.03. The molecule has 0 aromatic heterocycles. The summed E-state index contributed by atoms with van der Waals surface area (Å²) in [6.07, 6.45) is 0. The molecule has 1 amide bonds. The number of nitrogens with one attached hydrogen (secondary N) is 1. The smallest absolute Gasteiger partial charge is 0.247 e. The van der Waals surface area contributed by atoms with Crippen molar-refractivity contribution in [2.45, 2.75) is 11.8 Å². The Balaban J connectivity index is 1.95. The predicted molar refractivity (Wildman–Crippen MR) is 79.5 cm³/mol. The zero-order valence-electron chi connectivity index (χ0n) is 10.7. The van der Waals surface area contributed by atoms with E-state index in [0.717, 1.165) is 15.6 Å². The molecule has 2 aromatic carbocycles. The maximum atomic E-state index is 11.9. The first-order chi connectivity index (χ1) is 9.72. The van der Waals surface area contributed by atoms with Crippen LogP contribution < -0.4 is 5.48 Å². The lowest BCUT2D eigenvalue weighted by Gasteiger charge is -2.01. The normalized spacial score (nSPS) is 24.2. The molecule has 0 bridgehead atoms. The van der Waals surface area contributed by atoms with Crippen molar-refractivity contribution in [1.29, 1.82) is 0 Å². The molecule has 3 nitrogen and oxygen atoms in total. The average molecular weight is 332 g/mol. The molecule has 1 saturated carbocycles. The third kappa shape index (κ3) is 2.37. The Morgan fingerprint density at radius 1 is 1.00 bits per heavy atom. The van der Waals surface area contributed by atoms with E-state index in [4.69, 9.17) is 5.21 Å². The van der Waals surface area contributed by atoms with Crippen molar-refractivity contribution in [1.82, 2.24) is 5.48 Å². The largest absolute Gasteiger partial charge is 0.289 e. The summed E-state index contributed by atoms with van der Waals surface area (Å²) in [5.74, 6) is -0.291. The molecule has 1 aliphatic carbocycles. The third-order valence-electron chi connectivity index (χ3n) is 3.85. The number of amides is 1. The Morgan fingerprint density at radius 2 is 1.65 bits per heavy atom. The summed E-state index contributed by atoms with van der Waals surface area (Å²) in [6, 6.07) is 17.9. The molecule has 1 fully saturated rings. The van der Waals surface area contributed by atoms with Crippen LogP contribution in [0.25, 0.3) is 0 Å². The van der Waals surface area contributed by atoms with E-state index in [0.29, 0.717) is 0 Å². The average Bonchev–Trinajstić information content (AvgIpc) is 3.23. The lowest BCUT2D eigenvalue weighted by Crippen LogP contribution is -2.21. The molecular formula is C16H14BrNO2. The first-order valence-electron chi connectivity index (χ1n) is 6.46. The van der Waals surface area contributed by atoms with Gasteiger partial charge in [-0.2, -0.15) is 0 Å². The molecule has 0 aliphatic heterocycles. The topological polar surface area (TPSA) is 49.3 Å². The minimum atomic E-state index is -0.316. The van der Waals surface area contributed by atoms with Crippen LogP contribution in [0.1, 0.15) is 23.0 Å². The Morgan fingerprint density at radius 3 is 2.30 bits per heavy atom. The van der Waals surface area contributed by atoms with Gasteiger partial charge in [-0.25, -0.2) is 5.48 Å². The van der Waals surface area contributed by atoms with E-state index in [2.05, 4.69) is 15.9 Å². The maximum absolute atomic E-state index is 11.9. The van der Waals surface area contributed by atoms with Crippen LogP contribution in [0.5, 0.6) is 0 Å². The maximum Gasteiger partial charge on any atom is 0.247 e. The highest BCUT2D eigenvalue weighted by Crippen LogP contribution is 2.60. The van der Waals surface area contributed by atoms with Crippen LogP contribution in [-0.2, 0) is 4.79 Å². The fourth-order valence-corrected chi connectivity index (χ4v) is 3.35. The second kappa shape index (κ2) is 5.38. The summed E-state index contributed by atoms with van der Waals surface area (Å²) < 4.78 is 0.997. The Labute approximate surface area is 125 Å².